The number of benzene rings is 4. The van der Waals surface area contributed by atoms with Gasteiger partial charge in [0.2, 0.25) is 0 Å². The van der Waals surface area contributed by atoms with Gasteiger partial charge in [-0.2, -0.15) is 0 Å². The molecule has 0 saturated heterocycles. The van der Waals surface area contributed by atoms with E-state index in [1.165, 1.54) is 0 Å². The second-order valence-corrected chi connectivity index (χ2v) is 9.09. The molecule has 2 N–H and O–H groups in total. The lowest BCUT2D eigenvalue weighted by Crippen LogP contribution is -2.02. The van der Waals surface area contributed by atoms with Gasteiger partial charge in [-0.25, -0.2) is 0 Å². The van der Waals surface area contributed by atoms with E-state index in [0.29, 0.717) is 24.3 Å². The molecular formula is C33H34O7. The number of methoxy groups -OCH3 is 2. The molecule has 0 aromatic heterocycles. The normalized spacial score (nSPS) is 10.9. The largest absolute Gasteiger partial charge is 0.496 e. The smallest absolute Gasteiger partial charge is 0.193 e. The fourth-order valence-corrected chi connectivity index (χ4v) is 4.43. The van der Waals surface area contributed by atoms with E-state index in [1.807, 2.05) is 84.9 Å². The van der Waals surface area contributed by atoms with E-state index < -0.39 is 0 Å². The number of aliphatic hydroxyl groups is 2. The number of hydrogen-bond acceptors (Lipinski definition) is 7. The van der Waals surface area contributed by atoms with Crippen LogP contribution in [0.5, 0.6) is 11.5 Å². The first-order valence-corrected chi connectivity index (χ1v) is 13.0. The molecule has 0 aliphatic rings. The Bertz CT molecular complexity index is 1290. The second-order valence-electron chi connectivity index (χ2n) is 9.09. The predicted molar refractivity (Wildman–Crippen MR) is 154 cm³/mol. The minimum absolute atomic E-state index is 0.0375. The number of carbonyl (C=O) groups excluding carboxylic acids is 1. The SMILES string of the molecule is COc1ccc(-c2ccc(C(=O)c3ccc(-c4ccc(OC)c(COCCO)c4)cc3)cc2)cc1COCCO. The van der Waals surface area contributed by atoms with E-state index in [0.717, 1.165) is 44.9 Å². The van der Waals surface area contributed by atoms with Gasteiger partial charge in [-0.3, -0.25) is 4.79 Å². The second kappa shape index (κ2) is 14.4. The van der Waals surface area contributed by atoms with Gasteiger partial charge in [0.05, 0.1) is 53.9 Å². The molecule has 0 saturated carbocycles. The van der Waals surface area contributed by atoms with Crippen LogP contribution in [0.1, 0.15) is 27.0 Å². The topological polar surface area (TPSA) is 94.5 Å². The summed E-state index contributed by atoms with van der Waals surface area (Å²) < 4.78 is 21.8. The van der Waals surface area contributed by atoms with E-state index >= 15 is 0 Å². The van der Waals surface area contributed by atoms with Gasteiger partial charge in [-0.05, 0) is 46.5 Å². The van der Waals surface area contributed by atoms with Crippen molar-refractivity contribution in [3.8, 4) is 33.8 Å². The zero-order valence-electron chi connectivity index (χ0n) is 22.8. The first kappa shape index (κ1) is 29.0. The zero-order valence-corrected chi connectivity index (χ0v) is 22.8. The fourth-order valence-electron chi connectivity index (χ4n) is 4.43. The highest BCUT2D eigenvalue weighted by Gasteiger charge is 2.12. The number of hydrogen-bond donors (Lipinski definition) is 2. The number of ether oxygens (including phenoxy) is 4. The summed E-state index contributed by atoms with van der Waals surface area (Å²) in [5.41, 5.74) is 6.87. The number of aliphatic hydroxyl groups excluding tert-OH is 2. The van der Waals surface area contributed by atoms with Crippen molar-refractivity contribution in [1.29, 1.82) is 0 Å². The monoisotopic (exact) mass is 542 g/mol. The van der Waals surface area contributed by atoms with E-state index in [1.54, 1.807) is 14.2 Å². The molecule has 0 aliphatic carbocycles. The maximum Gasteiger partial charge on any atom is 0.193 e. The highest BCUT2D eigenvalue weighted by atomic mass is 16.5. The molecule has 7 nitrogen and oxygen atoms in total. The van der Waals surface area contributed by atoms with Gasteiger partial charge in [0.15, 0.2) is 5.78 Å². The average Bonchev–Trinajstić information content (AvgIpc) is 3.01. The summed E-state index contributed by atoms with van der Waals surface area (Å²) in [6.07, 6.45) is 0. The number of rotatable bonds is 14. The summed E-state index contributed by atoms with van der Waals surface area (Å²) in [6, 6.07) is 26.8. The lowest BCUT2D eigenvalue weighted by atomic mass is 9.96. The third-order valence-corrected chi connectivity index (χ3v) is 6.51. The zero-order chi connectivity index (χ0) is 28.3. The molecule has 0 unspecified atom stereocenters. The summed E-state index contributed by atoms with van der Waals surface area (Å²) in [6.45, 7) is 1.10. The van der Waals surface area contributed by atoms with Gasteiger partial charge in [0, 0.05) is 22.3 Å². The van der Waals surface area contributed by atoms with Crippen LogP contribution >= 0.6 is 0 Å². The van der Waals surface area contributed by atoms with Crippen molar-refractivity contribution in [2.75, 3.05) is 40.6 Å². The van der Waals surface area contributed by atoms with Crippen LogP contribution in [-0.4, -0.2) is 56.6 Å². The Morgan fingerprint density at radius 1 is 0.575 bits per heavy atom. The average molecular weight is 543 g/mol. The van der Waals surface area contributed by atoms with Crippen molar-refractivity contribution in [3.63, 3.8) is 0 Å². The Morgan fingerprint density at radius 3 is 1.30 bits per heavy atom. The fraction of sp³-hybridized carbons (Fsp3) is 0.242. The predicted octanol–water partition coefficient (Wildman–Crippen LogP) is 5.29. The van der Waals surface area contributed by atoms with Crippen LogP contribution in [0.25, 0.3) is 22.3 Å². The van der Waals surface area contributed by atoms with Crippen LogP contribution in [0.4, 0.5) is 0 Å². The van der Waals surface area contributed by atoms with Crippen molar-refractivity contribution in [2.24, 2.45) is 0 Å². The molecular weight excluding hydrogens is 508 g/mol. The van der Waals surface area contributed by atoms with Gasteiger partial charge in [-0.1, -0.05) is 60.7 Å². The Morgan fingerprint density at radius 2 is 0.950 bits per heavy atom. The molecule has 0 bridgehead atoms. The van der Waals surface area contributed by atoms with Gasteiger partial charge in [0.25, 0.3) is 0 Å². The highest BCUT2D eigenvalue weighted by molar-refractivity contribution is 6.09. The maximum atomic E-state index is 13.2. The molecule has 0 fully saturated rings. The molecule has 4 aromatic rings. The lowest BCUT2D eigenvalue weighted by Gasteiger charge is -2.12. The Labute approximate surface area is 234 Å². The first-order valence-electron chi connectivity index (χ1n) is 13.0. The molecule has 4 rings (SSSR count). The number of carbonyl (C=O) groups is 1. The summed E-state index contributed by atoms with van der Waals surface area (Å²) in [4.78, 5) is 13.2. The maximum absolute atomic E-state index is 13.2. The van der Waals surface area contributed by atoms with E-state index in [2.05, 4.69) is 0 Å². The molecule has 0 spiro atoms. The van der Waals surface area contributed by atoms with Gasteiger partial charge < -0.3 is 29.2 Å². The standard InChI is InChI=1S/C33H34O7/c1-37-31-13-11-27(19-29(31)21-39-17-15-34)23-3-7-25(8-4-23)33(36)26-9-5-24(6-10-26)28-12-14-32(38-2)30(20-28)22-40-18-16-35/h3-14,19-20,34-35H,15-18,21-22H2,1-2H3. The van der Waals surface area contributed by atoms with Crippen LogP contribution in [0.2, 0.25) is 0 Å². The van der Waals surface area contributed by atoms with Crippen molar-refractivity contribution < 1.29 is 34.0 Å². The van der Waals surface area contributed by atoms with Crippen molar-refractivity contribution in [3.05, 3.63) is 107 Å². The first-order chi connectivity index (χ1) is 19.6. The molecule has 0 atom stereocenters. The third-order valence-electron chi connectivity index (χ3n) is 6.51. The molecule has 0 heterocycles. The summed E-state index contributed by atoms with van der Waals surface area (Å²) in [5, 5.41) is 18.0. The lowest BCUT2D eigenvalue weighted by molar-refractivity contribution is 0.0804. The van der Waals surface area contributed by atoms with E-state index in [9.17, 15) is 4.79 Å². The van der Waals surface area contributed by atoms with Crippen LogP contribution in [0.3, 0.4) is 0 Å². The van der Waals surface area contributed by atoms with Crippen LogP contribution in [0.15, 0.2) is 84.9 Å². The summed E-state index contributed by atoms with van der Waals surface area (Å²) in [5.74, 6) is 1.38. The molecule has 4 aromatic carbocycles. The quantitative estimate of drug-likeness (QED) is 0.165. The molecule has 208 valence electrons. The van der Waals surface area contributed by atoms with E-state index in [-0.39, 0.29) is 32.2 Å². The van der Waals surface area contributed by atoms with Crippen molar-refractivity contribution in [2.45, 2.75) is 13.2 Å². The molecule has 0 radical (unpaired) electrons. The van der Waals surface area contributed by atoms with Crippen LogP contribution < -0.4 is 9.47 Å². The Balaban J connectivity index is 1.48. The third kappa shape index (κ3) is 7.14. The van der Waals surface area contributed by atoms with Crippen LogP contribution in [0, 0.1) is 0 Å². The van der Waals surface area contributed by atoms with Crippen molar-refractivity contribution in [1.82, 2.24) is 0 Å². The molecule has 40 heavy (non-hydrogen) atoms. The molecule has 0 amide bonds. The highest BCUT2D eigenvalue weighted by Crippen LogP contribution is 2.30. The van der Waals surface area contributed by atoms with Gasteiger partial charge in [-0.15, -0.1) is 0 Å². The van der Waals surface area contributed by atoms with Gasteiger partial charge in [0.1, 0.15) is 11.5 Å². The minimum atomic E-state index is -0.0567. The number of ketones is 1. The Hall–Kier alpha value is -4.01. The van der Waals surface area contributed by atoms with Crippen molar-refractivity contribution >= 4 is 5.78 Å². The summed E-state index contributed by atoms with van der Waals surface area (Å²) in [7, 11) is 3.23. The summed E-state index contributed by atoms with van der Waals surface area (Å²) >= 11 is 0. The van der Waals surface area contributed by atoms with Gasteiger partial charge >= 0.3 is 0 Å². The molecule has 0 aliphatic heterocycles. The van der Waals surface area contributed by atoms with Crippen LogP contribution in [-0.2, 0) is 22.7 Å². The molecule has 7 heteroatoms. The Kier molecular flexibility index (Phi) is 10.4. The van der Waals surface area contributed by atoms with E-state index in [4.69, 9.17) is 29.2 Å². The minimum Gasteiger partial charge on any atom is -0.496 e.